The maximum atomic E-state index is 6.14. The minimum Gasteiger partial charge on any atom is -0.382 e. The standard InChI is InChI=1S/C14H21ClN2OS/c1-3-18-10-6-9-16-14(19)17-11(2)12-7-4-5-8-13(12)15/h4-5,7-8,11H,3,6,9-10H2,1-2H3,(H2,16,17,19). The lowest BCUT2D eigenvalue weighted by molar-refractivity contribution is 0.145. The number of benzene rings is 1. The second-order valence-electron chi connectivity index (χ2n) is 4.19. The molecule has 0 heterocycles. The third-order valence-electron chi connectivity index (χ3n) is 2.67. The van der Waals surface area contributed by atoms with Crippen molar-refractivity contribution in [1.82, 2.24) is 10.6 Å². The smallest absolute Gasteiger partial charge is 0.166 e. The van der Waals surface area contributed by atoms with Crippen molar-refractivity contribution in [2.24, 2.45) is 0 Å². The number of hydrogen-bond donors (Lipinski definition) is 2. The van der Waals surface area contributed by atoms with Crippen molar-refractivity contribution in [3.8, 4) is 0 Å². The molecule has 0 saturated carbocycles. The van der Waals surface area contributed by atoms with Gasteiger partial charge in [0.25, 0.3) is 0 Å². The van der Waals surface area contributed by atoms with E-state index in [2.05, 4.69) is 10.6 Å². The fourth-order valence-electron chi connectivity index (χ4n) is 1.67. The van der Waals surface area contributed by atoms with Crippen LogP contribution in [-0.4, -0.2) is 24.9 Å². The van der Waals surface area contributed by atoms with Crippen LogP contribution >= 0.6 is 23.8 Å². The number of hydrogen-bond acceptors (Lipinski definition) is 2. The Balaban J connectivity index is 2.30. The zero-order valence-electron chi connectivity index (χ0n) is 11.4. The summed E-state index contributed by atoms with van der Waals surface area (Å²) in [6.07, 6.45) is 0.941. The van der Waals surface area contributed by atoms with Gasteiger partial charge in [0.15, 0.2) is 5.11 Å². The first-order chi connectivity index (χ1) is 9.15. The maximum absolute atomic E-state index is 6.14. The summed E-state index contributed by atoms with van der Waals surface area (Å²) >= 11 is 11.4. The van der Waals surface area contributed by atoms with Crippen molar-refractivity contribution in [1.29, 1.82) is 0 Å². The molecule has 1 aromatic carbocycles. The van der Waals surface area contributed by atoms with Gasteiger partial charge >= 0.3 is 0 Å². The number of nitrogens with one attached hydrogen (secondary N) is 2. The number of halogens is 1. The van der Waals surface area contributed by atoms with Crippen LogP contribution in [0.15, 0.2) is 24.3 Å². The highest BCUT2D eigenvalue weighted by Gasteiger charge is 2.09. The third kappa shape index (κ3) is 6.23. The molecular weight excluding hydrogens is 280 g/mol. The highest BCUT2D eigenvalue weighted by Crippen LogP contribution is 2.21. The highest BCUT2D eigenvalue weighted by atomic mass is 35.5. The minimum atomic E-state index is 0.0839. The first-order valence-corrected chi connectivity index (χ1v) is 7.30. The molecule has 1 atom stereocenters. The lowest BCUT2D eigenvalue weighted by atomic mass is 10.1. The van der Waals surface area contributed by atoms with Crippen molar-refractivity contribution in [2.45, 2.75) is 26.3 Å². The molecule has 0 amide bonds. The third-order valence-corrected chi connectivity index (χ3v) is 3.28. The van der Waals surface area contributed by atoms with Gasteiger partial charge < -0.3 is 15.4 Å². The van der Waals surface area contributed by atoms with Crippen LogP contribution in [0.4, 0.5) is 0 Å². The molecule has 0 aliphatic carbocycles. The second kappa shape index (κ2) is 9.13. The van der Waals surface area contributed by atoms with E-state index < -0.39 is 0 Å². The Hall–Kier alpha value is -0.840. The van der Waals surface area contributed by atoms with E-state index in [1.165, 1.54) is 0 Å². The average Bonchev–Trinajstić information content (AvgIpc) is 2.39. The van der Waals surface area contributed by atoms with Crippen molar-refractivity contribution >= 4 is 28.9 Å². The molecule has 5 heteroatoms. The summed E-state index contributed by atoms with van der Waals surface area (Å²) in [6, 6.07) is 7.85. The van der Waals surface area contributed by atoms with Gasteiger partial charge in [-0.2, -0.15) is 0 Å². The summed E-state index contributed by atoms with van der Waals surface area (Å²) in [5, 5.41) is 7.78. The van der Waals surface area contributed by atoms with E-state index in [0.29, 0.717) is 5.11 Å². The summed E-state index contributed by atoms with van der Waals surface area (Å²) < 4.78 is 5.26. The number of rotatable bonds is 7. The van der Waals surface area contributed by atoms with E-state index in [1.54, 1.807) is 0 Å². The van der Waals surface area contributed by atoms with Crippen LogP contribution < -0.4 is 10.6 Å². The van der Waals surface area contributed by atoms with E-state index in [-0.39, 0.29) is 6.04 Å². The van der Waals surface area contributed by atoms with Crippen LogP contribution in [0.3, 0.4) is 0 Å². The molecule has 19 heavy (non-hydrogen) atoms. The second-order valence-corrected chi connectivity index (χ2v) is 5.01. The van der Waals surface area contributed by atoms with E-state index in [4.69, 9.17) is 28.6 Å². The Labute approximate surface area is 125 Å². The monoisotopic (exact) mass is 300 g/mol. The summed E-state index contributed by atoms with van der Waals surface area (Å²) in [5.41, 5.74) is 1.04. The molecule has 0 fully saturated rings. The summed E-state index contributed by atoms with van der Waals surface area (Å²) in [4.78, 5) is 0. The molecule has 0 bridgehead atoms. The quantitative estimate of drug-likeness (QED) is 0.598. The first-order valence-electron chi connectivity index (χ1n) is 6.51. The molecule has 0 aromatic heterocycles. The molecule has 0 radical (unpaired) electrons. The SMILES string of the molecule is CCOCCCNC(=S)NC(C)c1ccccc1Cl. The van der Waals surface area contributed by atoms with Crippen molar-refractivity contribution in [3.63, 3.8) is 0 Å². The van der Waals surface area contributed by atoms with E-state index in [9.17, 15) is 0 Å². The Morgan fingerprint density at radius 3 is 2.84 bits per heavy atom. The van der Waals surface area contributed by atoms with Gasteiger partial charge in [-0.15, -0.1) is 0 Å². The van der Waals surface area contributed by atoms with Gasteiger partial charge in [-0.3, -0.25) is 0 Å². The van der Waals surface area contributed by atoms with Crippen LogP contribution in [-0.2, 0) is 4.74 Å². The fraction of sp³-hybridized carbons (Fsp3) is 0.500. The van der Waals surface area contributed by atoms with Gasteiger partial charge in [0.1, 0.15) is 0 Å². The highest BCUT2D eigenvalue weighted by molar-refractivity contribution is 7.80. The number of thiocarbonyl (C=S) groups is 1. The largest absolute Gasteiger partial charge is 0.382 e. The molecule has 1 unspecified atom stereocenters. The normalized spacial score (nSPS) is 11.9. The summed E-state index contributed by atoms with van der Waals surface area (Å²) in [7, 11) is 0. The molecule has 0 aliphatic rings. The molecule has 1 rings (SSSR count). The molecule has 3 nitrogen and oxygen atoms in total. The van der Waals surface area contributed by atoms with Crippen molar-refractivity contribution < 1.29 is 4.74 Å². The van der Waals surface area contributed by atoms with Crippen molar-refractivity contribution in [3.05, 3.63) is 34.9 Å². The van der Waals surface area contributed by atoms with Gasteiger partial charge in [-0.1, -0.05) is 29.8 Å². The molecule has 0 saturated heterocycles. The Morgan fingerprint density at radius 1 is 1.42 bits per heavy atom. The van der Waals surface area contributed by atoms with Crippen LogP contribution in [0.25, 0.3) is 0 Å². The molecule has 1 aromatic rings. The number of ether oxygens (including phenoxy) is 1. The van der Waals surface area contributed by atoms with Gasteiger partial charge in [-0.25, -0.2) is 0 Å². The lowest BCUT2D eigenvalue weighted by Gasteiger charge is -2.18. The van der Waals surface area contributed by atoms with E-state index in [1.807, 2.05) is 38.1 Å². The predicted molar refractivity (Wildman–Crippen MR) is 84.7 cm³/mol. The maximum Gasteiger partial charge on any atom is 0.166 e. The Bertz CT molecular complexity index is 401. The molecule has 0 spiro atoms. The molecular formula is C14H21ClN2OS. The van der Waals surface area contributed by atoms with Crippen LogP contribution in [0, 0.1) is 0 Å². The van der Waals surface area contributed by atoms with Crippen LogP contribution in [0.5, 0.6) is 0 Å². The zero-order chi connectivity index (χ0) is 14.1. The molecule has 2 N–H and O–H groups in total. The van der Waals surface area contributed by atoms with E-state index in [0.717, 1.165) is 36.8 Å². The Morgan fingerprint density at radius 2 is 2.16 bits per heavy atom. The van der Waals surface area contributed by atoms with Gasteiger partial charge in [0, 0.05) is 24.8 Å². The van der Waals surface area contributed by atoms with Crippen LogP contribution in [0.1, 0.15) is 31.9 Å². The topological polar surface area (TPSA) is 33.3 Å². The molecule has 106 valence electrons. The Kier molecular flexibility index (Phi) is 7.79. The summed E-state index contributed by atoms with van der Waals surface area (Å²) in [5.74, 6) is 0. The lowest BCUT2D eigenvalue weighted by Crippen LogP contribution is -2.37. The van der Waals surface area contributed by atoms with Gasteiger partial charge in [0.05, 0.1) is 6.04 Å². The molecule has 0 aliphatic heterocycles. The van der Waals surface area contributed by atoms with E-state index >= 15 is 0 Å². The zero-order valence-corrected chi connectivity index (χ0v) is 13.0. The fourth-order valence-corrected chi connectivity index (χ4v) is 2.25. The average molecular weight is 301 g/mol. The minimum absolute atomic E-state index is 0.0839. The van der Waals surface area contributed by atoms with Crippen LogP contribution in [0.2, 0.25) is 5.02 Å². The summed E-state index contributed by atoms with van der Waals surface area (Å²) in [6.45, 7) is 6.35. The van der Waals surface area contributed by atoms with Gasteiger partial charge in [-0.05, 0) is 44.1 Å². The van der Waals surface area contributed by atoms with Gasteiger partial charge in [0.2, 0.25) is 0 Å². The predicted octanol–water partition coefficient (Wildman–Crippen LogP) is 3.29. The first kappa shape index (κ1) is 16.2. The van der Waals surface area contributed by atoms with Crippen molar-refractivity contribution in [2.75, 3.05) is 19.8 Å².